The summed E-state index contributed by atoms with van der Waals surface area (Å²) in [7, 11) is 0. The van der Waals surface area contributed by atoms with Crippen molar-refractivity contribution in [1.29, 1.82) is 0 Å². The van der Waals surface area contributed by atoms with Crippen molar-refractivity contribution in [3.05, 3.63) is 0 Å². The third-order valence-corrected chi connectivity index (χ3v) is 4.07. The minimum atomic E-state index is -0.961. The van der Waals surface area contributed by atoms with Gasteiger partial charge in [0.15, 0.2) is 0 Å². The number of rotatable bonds is 7. The van der Waals surface area contributed by atoms with Gasteiger partial charge in [-0.1, -0.05) is 33.6 Å². The lowest BCUT2D eigenvalue weighted by atomic mass is 9.83. The highest BCUT2D eigenvalue weighted by molar-refractivity contribution is 5.80. The van der Waals surface area contributed by atoms with Crippen molar-refractivity contribution in [1.82, 2.24) is 10.2 Å². The predicted molar refractivity (Wildman–Crippen MR) is 83.2 cm³/mol. The molecule has 2 amide bonds. The molecular weight excluding hydrogens is 268 g/mol. The molecule has 0 aliphatic heterocycles. The number of amides is 2. The molecule has 1 fully saturated rings. The lowest BCUT2D eigenvalue weighted by molar-refractivity contribution is -0.137. The van der Waals surface area contributed by atoms with E-state index in [0.717, 1.165) is 18.8 Å². The van der Waals surface area contributed by atoms with Crippen LogP contribution >= 0.6 is 0 Å². The Morgan fingerprint density at radius 2 is 1.86 bits per heavy atom. The number of carbonyl (C=O) groups excluding carboxylic acids is 1. The number of hydrogen-bond acceptors (Lipinski definition) is 2. The van der Waals surface area contributed by atoms with Crippen LogP contribution in [0.1, 0.15) is 59.3 Å². The van der Waals surface area contributed by atoms with Gasteiger partial charge in [0.05, 0.1) is 0 Å². The first-order chi connectivity index (χ1) is 9.92. The van der Waals surface area contributed by atoms with Gasteiger partial charge in [-0.15, -0.1) is 0 Å². The summed E-state index contributed by atoms with van der Waals surface area (Å²) < 4.78 is 0. The summed E-state index contributed by atoms with van der Waals surface area (Å²) in [5, 5.41) is 11.9. The van der Waals surface area contributed by atoms with Gasteiger partial charge in [0, 0.05) is 12.6 Å². The number of carbonyl (C=O) groups is 2. The number of nitrogens with one attached hydrogen (secondary N) is 1. The van der Waals surface area contributed by atoms with Gasteiger partial charge in [-0.2, -0.15) is 0 Å². The maximum absolute atomic E-state index is 12.2. The average Bonchev–Trinajstić information content (AvgIpc) is 2.39. The molecule has 21 heavy (non-hydrogen) atoms. The van der Waals surface area contributed by atoms with Crippen LogP contribution in [0.3, 0.4) is 0 Å². The van der Waals surface area contributed by atoms with Crippen molar-refractivity contribution in [2.24, 2.45) is 11.8 Å². The van der Waals surface area contributed by atoms with Gasteiger partial charge >= 0.3 is 12.0 Å². The Labute approximate surface area is 128 Å². The van der Waals surface area contributed by atoms with Gasteiger partial charge in [0.1, 0.15) is 6.54 Å². The van der Waals surface area contributed by atoms with Crippen molar-refractivity contribution in [2.45, 2.75) is 65.3 Å². The van der Waals surface area contributed by atoms with Crippen LogP contribution < -0.4 is 5.32 Å². The van der Waals surface area contributed by atoms with E-state index >= 15 is 0 Å². The zero-order valence-corrected chi connectivity index (χ0v) is 13.6. The zero-order valence-electron chi connectivity index (χ0n) is 13.6. The summed E-state index contributed by atoms with van der Waals surface area (Å²) in [6.07, 6.45) is 6.86. The van der Waals surface area contributed by atoms with E-state index in [-0.39, 0.29) is 24.5 Å². The number of carboxylic acid groups (broad SMARTS) is 1. The highest BCUT2D eigenvalue weighted by Gasteiger charge is 2.25. The van der Waals surface area contributed by atoms with Crippen LogP contribution in [0.25, 0.3) is 0 Å². The quantitative estimate of drug-likeness (QED) is 0.759. The van der Waals surface area contributed by atoms with Gasteiger partial charge in [-0.25, -0.2) is 4.79 Å². The summed E-state index contributed by atoms with van der Waals surface area (Å²) in [4.78, 5) is 24.5. The maximum Gasteiger partial charge on any atom is 0.323 e. The van der Waals surface area contributed by atoms with Crippen LogP contribution in [0.15, 0.2) is 0 Å². The van der Waals surface area contributed by atoms with E-state index in [9.17, 15) is 9.59 Å². The molecule has 5 nitrogen and oxygen atoms in total. The lowest BCUT2D eigenvalue weighted by Crippen LogP contribution is -2.48. The molecule has 1 aliphatic rings. The lowest BCUT2D eigenvalue weighted by Gasteiger charge is -2.31. The highest BCUT2D eigenvalue weighted by atomic mass is 16.4. The van der Waals surface area contributed by atoms with E-state index in [0.29, 0.717) is 6.54 Å². The fourth-order valence-electron chi connectivity index (χ4n) is 3.09. The van der Waals surface area contributed by atoms with Crippen LogP contribution in [-0.4, -0.2) is 41.1 Å². The van der Waals surface area contributed by atoms with Crippen molar-refractivity contribution in [2.75, 3.05) is 13.1 Å². The van der Waals surface area contributed by atoms with Crippen LogP contribution in [-0.2, 0) is 4.79 Å². The SMILES string of the molecule is CCCC1CCC(NC(=O)N(CC(=O)O)CC(C)C)CC1. The fraction of sp³-hybridized carbons (Fsp3) is 0.875. The third-order valence-electron chi connectivity index (χ3n) is 4.07. The number of urea groups is 1. The summed E-state index contributed by atoms with van der Waals surface area (Å²) in [6, 6.07) is -0.0286. The Morgan fingerprint density at radius 3 is 2.33 bits per heavy atom. The number of nitrogens with zero attached hydrogens (tertiary/aromatic N) is 1. The first kappa shape index (κ1) is 17.8. The monoisotopic (exact) mass is 298 g/mol. The van der Waals surface area contributed by atoms with Crippen molar-refractivity contribution in [3.8, 4) is 0 Å². The molecule has 0 spiro atoms. The van der Waals surface area contributed by atoms with Crippen molar-refractivity contribution >= 4 is 12.0 Å². The van der Waals surface area contributed by atoms with Crippen LogP contribution in [0.5, 0.6) is 0 Å². The van der Waals surface area contributed by atoms with Gasteiger partial charge in [0.25, 0.3) is 0 Å². The second kappa shape index (κ2) is 8.90. The van der Waals surface area contributed by atoms with Crippen LogP contribution in [0, 0.1) is 11.8 Å². The smallest absolute Gasteiger partial charge is 0.323 e. The predicted octanol–water partition coefficient (Wildman–Crippen LogP) is 3.10. The highest BCUT2D eigenvalue weighted by Crippen LogP contribution is 2.27. The average molecular weight is 298 g/mol. The molecule has 0 saturated heterocycles. The molecule has 1 aliphatic carbocycles. The summed E-state index contributed by atoms with van der Waals surface area (Å²) in [5.74, 6) is 0.0989. The molecule has 0 aromatic rings. The standard InChI is InChI=1S/C16H30N2O3/c1-4-5-13-6-8-14(9-7-13)17-16(21)18(10-12(2)3)11-15(19)20/h12-14H,4-11H2,1-3H3,(H,17,21)(H,19,20). The van der Waals surface area contributed by atoms with Gasteiger partial charge in [-0.3, -0.25) is 4.79 Å². The Balaban J connectivity index is 2.44. The molecule has 122 valence electrons. The first-order valence-electron chi connectivity index (χ1n) is 8.19. The second-order valence-corrected chi connectivity index (χ2v) is 6.62. The Morgan fingerprint density at radius 1 is 1.24 bits per heavy atom. The van der Waals surface area contributed by atoms with Gasteiger partial charge in [-0.05, 0) is 37.5 Å². The minimum Gasteiger partial charge on any atom is -0.480 e. The molecule has 0 atom stereocenters. The molecule has 0 aromatic carbocycles. The number of aliphatic carboxylic acids is 1. The van der Waals surface area contributed by atoms with E-state index in [1.54, 1.807) is 0 Å². The summed E-state index contributed by atoms with van der Waals surface area (Å²) in [6.45, 7) is 6.43. The fourth-order valence-corrected chi connectivity index (χ4v) is 3.09. The molecular formula is C16H30N2O3. The number of hydrogen-bond donors (Lipinski definition) is 2. The topological polar surface area (TPSA) is 69.6 Å². The number of carboxylic acids is 1. The van der Waals surface area contributed by atoms with E-state index < -0.39 is 5.97 Å². The Kier molecular flexibility index (Phi) is 7.54. The second-order valence-electron chi connectivity index (χ2n) is 6.62. The van der Waals surface area contributed by atoms with E-state index in [4.69, 9.17) is 5.11 Å². The molecule has 5 heteroatoms. The van der Waals surface area contributed by atoms with Gasteiger partial charge < -0.3 is 15.3 Å². The molecule has 1 rings (SSSR count). The largest absolute Gasteiger partial charge is 0.480 e. The van der Waals surface area contributed by atoms with E-state index in [1.807, 2.05) is 13.8 Å². The van der Waals surface area contributed by atoms with Crippen molar-refractivity contribution < 1.29 is 14.7 Å². The normalized spacial score (nSPS) is 22.1. The molecule has 1 saturated carbocycles. The maximum atomic E-state index is 12.2. The molecule has 0 aromatic heterocycles. The molecule has 2 N–H and O–H groups in total. The van der Waals surface area contributed by atoms with Crippen LogP contribution in [0.4, 0.5) is 4.79 Å². The Bertz CT molecular complexity index is 336. The first-order valence-corrected chi connectivity index (χ1v) is 8.19. The summed E-state index contributed by atoms with van der Waals surface area (Å²) in [5.41, 5.74) is 0. The van der Waals surface area contributed by atoms with E-state index in [1.165, 1.54) is 30.6 Å². The molecule has 0 heterocycles. The molecule has 0 bridgehead atoms. The van der Waals surface area contributed by atoms with Gasteiger partial charge in [0.2, 0.25) is 0 Å². The third kappa shape index (κ3) is 6.82. The molecule has 0 radical (unpaired) electrons. The summed E-state index contributed by atoms with van der Waals surface area (Å²) >= 11 is 0. The van der Waals surface area contributed by atoms with Crippen LogP contribution in [0.2, 0.25) is 0 Å². The van der Waals surface area contributed by atoms with E-state index in [2.05, 4.69) is 12.2 Å². The zero-order chi connectivity index (χ0) is 15.8. The molecule has 0 unspecified atom stereocenters. The van der Waals surface area contributed by atoms with Crippen molar-refractivity contribution in [3.63, 3.8) is 0 Å². The minimum absolute atomic E-state index is 0.203. The Hall–Kier alpha value is -1.26.